The highest BCUT2D eigenvalue weighted by Gasteiger charge is 2.60. The van der Waals surface area contributed by atoms with E-state index < -0.39 is 185 Å². The van der Waals surface area contributed by atoms with Crippen molar-refractivity contribution in [1.29, 1.82) is 0 Å². The summed E-state index contributed by atoms with van der Waals surface area (Å²) >= 11 is 0. The number of aliphatic carboxylic acids is 1. The van der Waals surface area contributed by atoms with Gasteiger partial charge in [-0.1, -0.05) is 0 Å². The van der Waals surface area contributed by atoms with Gasteiger partial charge in [0.15, 0.2) is 12.6 Å². The lowest BCUT2D eigenvalue weighted by molar-refractivity contribution is -0.378. The lowest BCUT2D eigenvalue weighted by Crippen LogP contribution is -2.71. The second kappa shape index (κ2) is 21.0. The van der Waals surface area contributed by atoms with Crippen molar-refractivity contribution in [3.05, 3.63) is 0 Å². The zero-order chi connectivity index (χ0) is 45.0. The largest absolute Gasteiger partial charge is 0.477 e. The predicted octanol–water partition coefficient (Wildman–Crippen LogP) is -9.04. The Morgan fingerprint density at radius 3 is 1.78 bits per heavy atom. The van der Waals surface area contributed by atoms with Crippen molar-refractivity contribution in [1.82, 2.24) is 16.0 Å². The van der Waals surface area contributed by atoms with Crippen LogP contribution in [0.1, 0.15) is 34.1 Å². The molecule has 0 aromatic carbocycles. The third-order valence-corrected chi connectivity index (χ3v) is 10.6. The second-order valence-electron chi connectivity index (χ2n) is 15.1. The molecular weight excluding hydrogens is 818 g/mol. The highest BCUT2D eigenvalue weighted by Crippen LogP contribution is 2.38. The van der Waals surface area contributed by atoms with Gasteiger partial charge >= 0.3 is 5.97 Å². The molecule has 0 spiro atoms. The Kier molecular flexibility index (Phi) is 17.5. The number of carbonyl (C=O) groups is 4. The van der Waals surface area contributed by atoms with Crippen LogP contribution in [0.5, 0.6) is 0 Å². The number of aliphatic hydroxyl groups is 11. The van der Waals surface area contributed by atoms with Gasteiger partial charge in [-0.3, -0.25) is 14.4 Å². The van der Waals surface area contributed by atoms with E-state index in [0.717, 1.165) is 20.8 Å². The molecule has 8 unspecified atom stereocenters. The van der Waals surface area contributed by atoms with Crippen LogP contribution in [-0.4, -0.2) is 239 Å². The van der Waals surface area contributed by atoms with Gasteiger partial charge in [-0.2, -0.15) is 0 Å². The zero-order valence-electron chi connectivity index (χ0n) is 32.9. The fraction of sp³-hybridized carbons (Fsp3) is 0.882. The molecule has 0 radical (unpaired) electrons. The van der Waals surface area contributed by atoms with E-state index in [2.05, 4.69) is 16.0 Å². The van der Waals surface area contributed by atoms with Crippen molar-refractivity contribution < 1.29 is 114 Å². The number of amides is 3. The Balaban J connectivity index is 1.63. The van der Waals surface area contributed by atoms with Gasteiger partial charge < -0.3 is 110 Å². The van der Waals surface area contributed by atoms with Gasteiger partial charge in [0, 0.05) is 27.2 Å². The lowest BCUT2D eigenvalue weighted by Gasteiger charge is -2.51. The number of carboxylic acids is 1. The smallest absolute Gasteiger partial charge is 0.364 e. The molecule has 4 fully saturated rings. The first-order chi connectivity index (χ1) is 28.1. The summed E-state index contributed by atoms with van der Waals surface area (Å²) in [6, 6.07) is -4.21. The normalized spacial score (nSPS) is 43.3. The summed E-state index contributed by atoms with van der Waals surface area (Å²) in [5.41, 5.74) is 0. The minimum absolute atomic E-state index is 0.601. The van der Waals surface area contributed by atoms with Crippen molar-refractivity contribution in [3.63, 3.8) is 0 Å². The summed E-state index contributed by atoms with van der Waals surface area (Å²) in [6.45, 7) is 1.27. The van der Waals surface area contributed by atoms with Gasteiger partial charge in [-0.05, 0) is 6.92 Å². The van der Waals surface area contributed by atoms with Gasteiger partial charge in [0.2, 0.25) is 17.7 Å². The van der Waals surface area contributed by atoms with Crippen molar-refractivity contribution in [2.45, 2.75) is 162 Å². The molecule has 4 aliphatic heterocycles. The fourth-order valence-electron chi connectivity index (χ4n) is 7.60. The predicted molar refractivity (Wildman–Crippen MR) is 189 cm³/mol. The Hall–Kier alpha value is -2.84. The SMILES string of the molecule is CC(=O)NC1[C@H](OCC2O[C@@H](C)C(NC(C)=O)[C@@H](O[C@@H]3OC(CO)[C@H](O)[C@H](O[C@]4(C(=O)O)CC(O)[C@@H](NC(C)=O)C([C@H](O)[C@H](O)CO)O4)C3O)[C@H]2O)OC(CO)[C@H](O)[C@@H]1O. The maximum Gasteiger partial charge on any atom is 0.364 e. The van der Waals surface area contributed by atoms with Crippen molar-refractivity contribution in [2.24, 2.45) is 0 Å². The minimum Gasteiger partial charge on any atom is -0.477 e. The minimum atomic E-state index is -3.09. The van der Waals surface area contributed by atoms with Gasteiger partial charge in [0.1, 0.15) is 85.4 Å². The molecule has 4 rings (SSSR count). The van der Waals surface area contributed by atoms with Gasteiger partial charge in [-0.15, -0.1) is 0 Å². The number of hydrogen-bond donors (Lipinski definition) is 15. The van der Waals surface area contributed by atoms with Crippen LogP contribution in [0.25, 0.3) is 0 Å². The molecular formula is C34H57N3O23. The Morgan fingerprint density at radius 1 is 0.700 bits per heavy atom. The van der Waals surface area contributed by atoms with E-state index >= 15 is 0 Å². The summed E-state index contributed by atoms with van der Waals surface area (Å²) in [6.07, 6.45) is -31.5. The molecule has 3 amide bonds. The molecule has 60 heavy (non-hydrogen) atoms. The van der Waals surface area contributed by atoms with E-state index in [1.54, 1.807) is 0 Å². The van der Waals surface area contributed by atoms with Gasteiger partial charge in [0.25, 0.3) is 5.79 Å². The molecule has 15 N–H and O–H groups in total. The number of rotatable bonds is 16. The Morgan fingerprint density at radius 2 is 1.23 bits per heavy atom. The fourth-order valence-corrected chi connectivity index (χ4v) is 7.60. The molecule has 4 aliphatic rings. The lowest BCUT2D eigenvalue weighted by atomic mass is 9.88. The van der Waals surface area contributed by atoms with Crippen molar-refractivity contribution >= 4 is 23.7 Å². The van der Waals surface area contributed by atoms with Crippen LogP contribution in [0.4, 0.5) is 0 Å². The first-order valence-electron chi connectivity index (χ1n) is 19.0. The maximum atomic E-state index is 12.9. The third-order valence-electron chi connectivity index (χ3n) is 10.6. The average Bonchev–Trinajstić information content (AvgIpc) is 3.18. The standard InChI is InChI=1S/C34H57N3O23/c1-10-19(35-11(2)41)28(25(49)18(55-10)9-54-31-21(37-13(4)43)26(50)23(47)16(7-39)56-31)58-32-27(51)30(24(48)17(8-40)57-32)60-34(33(52)53)5-14(44)20(36-12(3)42)29(59-34)22(46)15(45)6-38/h10,14-32,38-40,44-51H,5-9H2,1-4H3,(H,35,41)(H,36,42)(H,37,43)(H,52,53)/t10-,14?,15+,16?,17?,18?,19?,20+,21?,22+,23-,24-,25-,26+,27?,28+,29?,30-,31+,32-,34-/m0/s1. The van der Waals surface area contributed by atoms with E-state index in [9.17, 15) is 80.5 Å². The van der Waals surface area contributed by atoms with E-state index in [-0.39, 0.29) is 0 Å². The van der Waals surface area contributed by atoms with Gasteiger partial charge in [0.05, 0.1) is 50.7 Å². The van der Waals surface area contributed by atoms with Crippen LogP contribution in [0.2, 0.25) is 0 Å². The molecule has 26 nitrogen and oxygen atoms in total. The number of carboxylic acid groups (broad SMARTS) is 1. The molecule has 21 atom stereocenters. The second-order valence-corrected chi connectivity index (χ2v) is 15.1. The zero-order valence-corrected chi connectivity index (χ0v) is 32.9. The maximum absolute atomic E-state index is 12.9. The van der Waals surface area contributed by atoms with Crippen LogP contribution in [0.3, 0.4) is 0 Å². The summed E-state index contributed by atoms with van der Waals surface area (Å²) in [5, 5.41) is 134. The molecule has 26 heteroatoms. The topological polar surface area (TPSA) is 412 Å². The molecule has 0 aromatic heterocycles. The van der Waals surface area contributed by atoms with Crippen LogP contribution in [0.15, 0.2) is 0 Å². The van der Waals surface area contributed by atoms with E-state index in [0.29, 0.717) is 0 Å². The number of ether oxygens (including phenoxy) is 7. The third kappa shape index (κ3) is 11.0. The molecule has 4 heterocycles. The van der Waals surface area contributed by atoms with Crippen LogP contribution in [-0.2, 0) is 52.3 Å². The molecule has 0 bridgehead atoms. The molecule has 0 aromatic rings. The first kappa shape index (κ1) is 49.8. The van der Waals surface area contributed by atoms with Crippen LogP contribution in [0, 0.1) is 0 Å². The van der Waals surface area contributed by atoms with E-state index in [1.165, 1.54) is 6.92 Å². The summed E-state index contributed by atoms with van der Waals surface area (Å²) in [7, 11) is 0. The summed E-state index contributed by atoms with van der Waals surface area (Å²) in [5.74, 6) is -7.15. The number of nitrogens with one attached hydrogen (secondary N) is 3. The summed E-state index contributed by atoms with van der Waals surface area (Å²) < 4.78 is 40.2. The van der Waals surface area contributed by atoms with E-state index in [1.807, 2.05) is 0 Å². The highest BCUT2D eigenvalue weighted by atomic mass is 16.8. The van der Waals surface area contributed by atoms with Crippen molar-refractivity contribution in [2.75, 3.05) is 26.4 Å². The van der Waals surface area contributed by atoms with Crippen LogP contribution >= 0.6 is 0 Å². The highest BCUT2D eigenvalue weighted by molar-refractivity contribution is 5.77. The molecule has 0 aliphatic carbocycles. The average molecular weight is 876 g/mol. The molecule has 0 saturated carbocycles. The van der Waals surface area contributed by atoms with Crippen LogP contribution < -0.4 is 16.0 Å². The first-order valence-corrected chi connectivity index (χ1v) is 19.0. The Labute approximate surface area is 341 Å². The monoisotopic (exact) mass is 875 g/mol. The molecule has 346 valence electrons. The number of hydrogen-bond acceptors (Lipinski definition) is 22. The quantitative estimate of drug-likeness (QED) is 0.0684. The number of aliphatic hydroxyl groups excluding tert-OH is 11. The van der Waals surface area contributed by atoms with Gasteiger partial charge in [-0.25, -0.2) is 4.79 Å². The summed E-state index contributed by atoms with van der Waals surface area (Å²) in [4.78, 5) is 49.0. The molecule has 4 saturated heterocycles. The number of carbonyl (C=O) groups excluding carboxylic acids is 3. The Bertz CT molecular complexity index is 1470. The van der Waals surface area contributed by atoms with E-state index in [4.69, 9.17) is 33.2 Å². The van der Waals surface area contributed by atoms with Crippen molar-refractivity contribution in [3.8, 4) is 0 Å².